The summed E-state index contributed by atoms with van der Waals surface area (Å²) in [7, 11) is 0. The fourth-order valence-corrected chi connectivity index (χ4v) is 2.00. The number of nitro groups is 1. The minimum absolute atomic E-state index is 0.0269. The second-order valence-electron chi connectivity index (χ2n) is 4.54. The molecule has 0 aliphatic heterocycles. The van der Waals surface area contributed by atoms with Crippen molar-refractivity contribution < 1.29 is 9.31 Å². The van der Waals surface area contributed by atoms with Crippen molar-refractivity contribution in [3.05, 3.63) is 75.6 Å². The number of nitrogens with zero attached hydrogens (tertiary/aromatic N) is 1. The maximum absolute atomic E-state index is 13.2. The second-order valence-corrected chi connectivity index (χ2v) is 4.54. The molecule has 2 aromatic carbocycles. The van der Waals surface area contributed by atoms with E-state index in [0.717, 1.165) is 11.6 Å². The number of nitrogens with one attached hydrogen (secondary N) is 1. The Morgan fingerprint density at radius 1 is 1.25 bits per heavy atom. The summed E-state index contributed by atoms with van der Waals surface area (Å²) in [5.41, 5.74) is 1.35. The van der Waals surface area contributed by atoms with Gasteiger partial charge in [-0.05, 0) is 24.6 Å². The van der Waals surface area contributed by atoms with E-state index >= 15 is 0 Å². The van der Waals surface area contributed by atoms with Crippen molar-refractivity contribution in [2.24, 2.45) is 0 Å². The van der Waals surface area contributed by atoms with Gasteiger partial charge in [-0.3, -0.25) is 10.1 Å². The van der Waals surface area contributed by atoms with Crippen molar-refractivity contribution in [2.45, 2.75) is 19.5 Å². The quantitative estimate of drug-likeness (QED) is 0.669. The molecule has 2 rings (SSSR count). The first-order valence-corrected chi connectivity index (χ1v) is 6.29. The Hall–Kier alpha value is -2.27. The van der Waals surface area contributed by atoms with Gasteiger partial charge in [-0.2, -0.15) is 0 Å². The molecule has 1 N–H and O–H groups in total. The van der Waals surface area contributed by atoms with Gasteiger partial charge in [-0.15, -0.1) is 0 Å². The number of benzene rings is 2. The Morgan fingerprint density at radius 2 is 1.95 bits per heavy atom. The molecule has 5 heteroatoms. The van der Waals surface area contributed by atoms with Crippen LogP contribution in [-0.2, 0) is 6.54 Å². The Morgan fingerprint density at radius 3 is 2.60 bits per heavy atom. The average molecular weight is 274 g/mol. The molecule has 0 heterocycles. The SMILES string of the molecule is CC(NCc1cc(F)ccc1[N+](=O)[O-])c1ccccc1. The summed E-state index contributed by atoms with van der Waals surface area (Å²) in [4.78, 5) is 10.4. The van der Waals surface area contributed by atoms with Crippen molar-refractivity contribution in [3.8, 4) is 0 Å². The van der Waals surface area contributed by atoms with Crippen LogP contribution in [-0.4, -0.2) is 4.92 Å². The molecule has 1 atom stereocenters. The van der Waals surface area contributed by atoms with Gasteiger partial charge >= 0.3 is 0 Å². The highest BCUT2D eigenvalue weighted by atomic mass is 19.1. The van der Waals surface area contributed by atoms with E-state index in [9.17, 15) is 14.5 Å². The van der Waals surface area contributed by atoms with Crippen LogP contribution in [0.25, 0.3) is 0 Å². The van der Waals surface area contributed by atoms with Crippen LogP contribution in [0.2, 0.25) is 0 Å². The first-order valence-electron chi connectivity index (χ1n) is 6.29. The fraction of sp³-hybridized carbons (Fsp3) is 0.200. The van der Waals surface area contributed by atoms with E-state index in [1.807, 2.05) is 37.3 Å². The average Bonchev–Trinajstić information content (AvgIpc) is 2.45. The summed E-state index contributed by atoms with van der Waals surface area (Å²) in [5, 5.41) is 14.1. The second kappa shape index (κ2) is 6.25. The van der Waals surface area contributed by atoms with Crippen LogP contribution in [0, 0.1) is 15.9 Å². The standard InChI is InChI=1S/C15H15FN2O2/c1-11(12-5-3-2-4-6-12)17-10-13-9-14(16)7-8-15(13)18(19)20/h2-9,11,17H,10H2,1H3. The third kappa shape index (κ3) is 3.39. The summed E-state index contributed by atoms with van der Waals surface area (Å²) in [6, 6.07) is 13.2. The molecule has 0 radical (unpaired) electrons. The summed E-state index contributed by atoms with van der Waals surface area (Å²) < 4.78 is 13.2. The van der Waals surface area contributed by atoms with Gasteiger partial charge < -0.3 is 5.32 Å². The summed E-state index contributed by atoms with van der Waals surface area (Å²) in [6.45, 7) is 2.20. The molecule has 0 aliphatic carbocycles. The van der Waals surface area contributed by atoms with Crippen molar-refractivity contribution in [2.75, 3.05) is 0 Å². The zero-order valence-corrected chi connectivity index (χ0v) is 11.0. The summed E-state index contributed by atoms with van der Waals surface area (Å²) in [5.74, 6) is -0.472. The van der Waals surface area contributed by atoms with Gasteiger partial charge in [-0.25, -0.2) is 4.39 Å². The molecule has 0 saturated carbocycles. The Kier molecular flexibility index (Phi) is 4.42. The molecule has 0 spiro atoms. The van der Waals surface area contributed by atoms with E-state index in [1.165, 1.54) is 12.1 Å². The van der Waals surface area contributed by atoms with E-state index in [-0.39, 0.29) is 18.3 Å². The molecule has 20 heavy (non-hydrogen) atoms. The minimum atomic E-state index is -0.496. The number of hydrogen-bond donors (Lipinski definition) is 1. The molecule has 0 saturated heterocycles. The van der Waals surface area contributed by atoms with Gasteiger partial charge in [0.15, 0.2) is 0 Å². The Bertz CT molecular complexity index is 602. The van der Waals surface area contributed by atoms with Gasteiger partial charge in [0.25, 0.3) is 5.69 Å². The van der Waals surface area contributed by atoms with Crippen LogP contribution in [0.4, 0.5) is 10.1 Å². The first kappa shape index (κ1) is 14.1. The molecule has 0 aliphatic rings. The minimum Gasteiger partial charge on any atom is -0.306 e. The number of halogens is 1. The van der Waals surface area contributed by atoms with Crippen molar-refractivity contribution in [3.63, 3.8) is 0 Å². The molecule has 0 fully saturated rings. The highest BCUT2D eigenvalue weighted by Crippen LogP contribution is 2.20. The summed E-state index contributed by atoms with van der Waals surface area (Å²) in [6.07, 6.45) is 0. The highest BCUT2D eigenvalue weighted by molar-refractivity contribution is 5.40. The lowest BCUT2D eigenvalue weighted by molar-refractivity contribution is -0.385. The van der Waals surface area contributed by atoms with Gasteiger partial charge in [0.1, 0.15) is 5.82 Å². The van der Waals surface area contributed by atoms with Gasteiger partial charge in [-0.1, -0.05) is 30.3 Å². The maximum Gasteiger partial charge on any atom is 0.274 e. The van der Waals surface area contributed by atoms with Crippen LogP contribution < -0.4 is 5.32 Å². The molecule has 1 unspecified atom stereocenters. The van der Waals surface area contributed by atoms with Gasteiger partial charge in [0, 0.05) is 24.2 Å². The Balaban J connectivity index is 2.11. The van der Waals surface area contributed by atoms with E-state index in [2.05, 4.69) is 5.32 Å². The zero-order chi connectivity index (χ0) is 14.5. The number of hydrogen-bond acceptors (Lipinski definition) is 3. The van der Waals surface area contributed by atoms with Crippen molar-refractivity contribution in [1.82, 2.24) is 5.32 Å². The van der Waals surface area contributed by atoms with E-state index in [1.54, 1.807) is 0 Å². The number of nitro benzene ring substituents is 1. The molecule has 0 bridgehead atoms. The molecule has 0 aromatic heterocycles. The molecule has 104 valence electrons. The molecule has 0 amide bonds. The normalized spacial score (nSPS) is 12.1. The van der Waals surface area contributed by atoms with Crippen LogP contribution in [0.15, 0.2) is 48.5 Å². The number of rotatable bonds is 5. The van der Waals surface area contributed by atoms with Crippen LogP contribution in [0.1, 0.15) is 24.1 Å². The predicted octanol–water partition coefficient (Wildman–Crippen LogP) is 3.58. The van der Waals surface area contributed by atoms with Crippen molar-refractivity contribution in [1.29, 1.82) is 0 Å². The molecule has 4 nitrogen and oxygen atoms in total. The largest absolute Gasteiger partial charge is 0.306 e. The Labute approximate surface area is 116 Å². The lowest BCUT2D eigenvalue weighted by Crippen LogP contribution is -2.18. The summed E-state index contributed by atoms with van der Waals surface area (Å²) >= 11 is 0. The maximum atomic E-state index is 13.2. The highest BCUT2D eigenvalue weighted by Gasteiger charge is 2.15. The van der Waals surface area contributed by atoms with Crippen LogP contribution >= 0.6 is 0 Å². The van der Waals surface area contributed by atoms with Crippen LogP contribution in [0.5, 0.6) is 0 Å². The zero-order valence-electron chi connectivity index (χ0n) is 11.0. The van der Waals surface area contributed by atoms with E-state index < -0.39 is 10.7 Å². The predicted molar refractivity (Wildman–Crippen MR) is 74.8 cm³/mol. The first-order chi connectivity index (χ1) is 9.58. The van der Waals surface area contributed by atoms with E-state index in [0.29, 0.717) is 5.56 Å². The molecular weight excluding hydrogens is 259 g/mol. The third-order valence-electron chi connectivity index (χ3n) is 3.14. The van der Waals surface area contributed by atoms with Crippen LogP contribution in [0.3, 0.4) is 0 Å². The van der Waals surface area contributed by atoms with Gasteiger partial charge in [0.05, 0.1) is 4.92 Å². The lowest BCUT2D eigenvalue weighted by atomic mass is 10.1. The monoisotopic (exact) mass is 274 g/mol. The fourth-order valence-electron chi connectivity index (χ4n) is 2.00. The molecule has 2 aromatic rings. The molecular formula is C15H15FN2O2. The van der Waals surface area contributed by atoms with Gasteiger partial charge in [0.2, 0.25) is 0 Å². The van der Waals surface area contributed by atoms with E-state index in [4.69, 9.17) is 0 Å². The third-order valence-corrected chi connectivity index (χ3v) is 3.14. The topological polar surface area (TPSA) is 55.2 Å². The lowest BCUT2D eigenvalue weighted by Gasteiger charge is -2.14. The van der Waals surface area contributed by atoms with Crippen molar-refractivity contribution >= 4 is 5.69 Å². The smallest absolute Gasteiger partial charge is 0.274 e.